The topological polar surface area (TPSA) is 57.7 Å². The predicted molar refractivity (Wildman–Crippen MR) is 101 cm³/mol. The molecule has 0 spiro atoms. The fourth-order valence-electron chi connectivity index (χ4n) is 2.72. The van der Waals surface area contributed by atoms with Crippen LogP contribution in [0.4, 0.5) is 0 Å². The van der Waals surface area contributed by atoms with E-state index in [1.807, 2.05) is 30.3 Å². The van der Waals surface area contributed by atoms with E-state index in [0.717, 1.165) is 36.8 Å². The molecule has 2 aromatic rings. The Morgan fingerprint density at radius 2 is 1.96 bits per heavy atom. The highest BCUT2D eigenvalue weighted by Crippen LogP contribution is 2.27. The SMILES string of the molecule is COC(=O)c1nc(SCc2ccccc2)ccc1OCC1CCOCC1. The molecule has 138 valence electrons. The van der Waals surface area contributed by atoms with Crippen molar-refractivity contribution < 1.29 is 19.0 Å². The van der Waals surface area contributed by atoms with E-state index in [1.54, 1.807) is 11.8 Å². The van der Waals surface area contributed by atoms with Crippen molar-refractivity contribution in [3.8, 4) is 5.75 Å². The quantitative estimate of drug-likeness (QED) is 0.541. The molecule has 2 heterocycles. The molecular formula is C20H23NO4S. The van der Waals surface area contributed by atoms with Gasteiger partial charge in [-0.3, -0.25) is 0 Å². The van der Waals surface area contributed by atoms with Gasteiger partial charge in [-0.25, -0.2) is 9.78 Å². The van der Waals surface area contributed by atoms with E-state index in [0.29, 0.717) is 18.3 Å². The molecule has 1 saturated heterocycles. The number of rotatable bonds is 7. The minimum atomic E-state index is -0.478. The summed E-state index contributed by atoms with van der Waals surface area (Å²) in [5.41, 5.74) is 1.44. The summed E-state index contributed by atoms with van der Waals surface area (Å²) in [4.78, 5) is 16.6. The predicted octanol–water partition coefficient (Wildman–Crippen LogP) is 3.97. The van der Waals surface area contributed by atoms with Crippen LogP contribution in [-0.2, 0) is 15.2 Å². The van der Waals surface area contributed by atoms with Gasteiger partial charge in [0.2, 0.25) is 0 Å². The summed E-state index contributed by atoms with van der Waals surface area (Å²) in [5, 5.41) is 0.771. The number of esters is 1. The van der Waals surface area contributed by atoms with Crippen LogP contribution in [0.15, 0.2) is 47.5 Å². The minimum absolute atomic E-state index is 0.234. The monoisotopic (exact) mass is 373 g/mol. The summed E-state index contributed by atoms with van der Waals surface area (Å²) in [7, 11) is 1.36. The van der Waals surface area contributed by atoms with Gasteiger partial charge in [0.15, 0.2) is 11.4 Å². The molecule has 1 fully saturated rings. The van der Waals surface area contributed by atoms with Crippen molar-refractivity contribution in [1.82, 2.24) is 4.98 Å². The number of hydrogen-bond donors (Lipinski definition) is 0. The standard InChI is InChI=1S/C20H23NO4S/c1-23-20(22)19-17(25-13-15-9-11-24-12-10-15)7-8-18(21-19)26-14-16-5-3-2-4-6-16/h2-8,15H,9-14H2,1H3. The van der Waals surface area contributed by atoms with E-state index in [-0.39, 0.29) is 5.69 Å². The number of thioether (sulfide) groups is 1. The molecule has 1 aliphatic rings. The van der Waals surface area contributed by atoms with E-state index >= 15 is 0 Å². The van der Waals surface area contributed by atoms with E-state index in [1.165, 1.54) is 12.7 Å². The third kappa shape index (κ3) is 5.22. The van der Waals surface area contributed by atoms with Crippen LogP contribution in [0, 0.1) is 5.92 Å². The number of aromatic nitrogens is 1. The number of nitrogens with zero attached hydrogens (tertiary/aromatic N) is 1. The fourth-order valence-corrected chi connectivity index (χ4v) is 3.55. The molecule has 6 heteroatoms. The number of ether oxygens (including phenoxy) is 3. The Balaban J connectivity index is 1.67. The number of hydrogen-bond acceptors (Lipinski definition) is 6. The Labute approximate surface area is 158 Å². The average molecular weight is 373 g/mol. The Kier molecular flexibility index (Phi) is 6.91. The third-order valence-corrected chi connectivity index (χ3v) is 5.26. The van der Waals surface area contributed by atoms with Crippen LogP contribution in [0.25, 0.3) is 0 Å². The molecule has 0 saturated carbocycles. The van der Waals surface area contributed by atoms with Gasteiger partial charge in [0.05, 0.1) is 18.7 Å². The molecule has 0 aliphatic carbocycles. The highest BCUT2D eigenvalue weighted by atomic mass is 32.2. The van der Waals surface area contributed by atoms with Crippen molar-refractivity contribution in [2.75, 3.05) is 26.9 Å². The van der Waals surface area contributed by atoms with Gasteiger partial charge in [-0.1, -0.05) is 30.3 Å². The summed E-state index contributed by atoms with van der Waals surface area (Å²) in [5.74, 6) is 1.24. The molecule has 0 bridgehead atoms. The first kappa shape index (κ1) is 18.7. The second-order valence-electron chi connectivity index (χ2n) is 6.13. The lowest BCUT2D eigenvalue weighted by Crippen LogP contribution is -2.22. The van der Waals surface area contributed by atoms with Crippen molar-refractivity contribution in [3.05, 3.63) is 53.7 Å². The third-order valence-electron chi connectivity index (χ3n) is 4.26. The molecule has 1 aliphatic heterocycles. The largest absolute Gasteiger partial charge is 0.491 e. The van der Waals surface area contributed by atoms with Crippen molar-refractivity contribution >= 4 is 17.7 Å². The second kappa shape index (κ2) is 9.59. The normalized spacial score (nSPS) is 14.8. The molecule has 0 atom stereocenters. The van der Waals surface area contributed by atoms with Crippen LogP contribution < -0.4 is 4.74 Å². The Morgan fingerprint density at radius 3 is 2.69 bits per heavy atom. The molecule has 3 rings (SSSR count). The zero-order valence-corrected chi connectivity index (χ0v) is 15.7. The zero-order valence-electron chi connectivity index (χ0n) is 14.8. The Bertz CT molecular complexity index is 717. The van der Waals surface area contributed by atoms with E-state index in [9.17, 15) is 4.79 Å². The van der Waals surface area contributed by atoms with Crippen LogP contribution >= 0.6 is 11.8 Å². The van der Waals surface area contributed by atoms with Gasteiger partial charge < -0.3 is 14.2 Å². The molecule has 0 N–H and O–H groups in total. The van der Waals surface area contributed by atoms with Crippen LogP contribution in [0.3, 0.4) is 0 Å². The zero-order chi connectivity index (χ0) is 18.2. The van der Waals surface area contributed by atoms with Crippen LogP contribution in [0.1, 0.15) is 28.9 Å². The van der Waals surface area contributed by atoms with E-state index in [4.69, 9.17) is 14.2 Å². The maximum absolute atomic E-state index is 12.1. The highest BCUT2D eigenvalue weighted by Gasteiger charge is 2.19. The molecule has 1 aromatic carbocycles. The van der Waals surface area contributed by atoms with Gasteiger partial charge in [0.1, 0.15) is 0 Å². The molecule has 5 nitrogen and oxygen atoms in total. The summed E-state index contributed by atoms with van der Waals surface area (Å²) < 4.78 is 16.1. The van der Waals surface area contributed by atoms with Crippen LogP contribution in [0.2, 0.25) is 0 Å². The maximum atomic E-state index is 12.1. The number of methoxy groups -OCH3 is 1. The lowest BCUT2D eigenvalue weighted by Gasteiger charge is -2.22. The summed E-state index contributed by atoms with van der Waals surface area (Å²) in [6, 6.07) is 13.9. The fraction of sp³-hybridized carbons (Fsp3) is 0.400. The highest BCUT2D eigenvalue weighted by molar-refractivity contribution is 7.98. The average Bonchev–Trinajstić information content (AvgIpc) is 2.72. The number of benzene rings is 1. The van der Waals surface area contributed by atoms with Crippen molar-refractivity contribution in [1.29, 1.82) is 0 Å². The van der Waals surface area contributed by atoms with Crippen molar-refractivity contribution in [3.63, 3.8) is 0 Å². The smallest absolute Gasteiger partial charge is 0.360 e. The van der Waals surface area contributed by atoms with Gasteiger partial charge in [-0.2, -0.15) is 0 Å². The molecular weight excluding hydrogens is 350 g/mol. The van der Waals surface area contributed by atoms with E-state index in [2.05, 4.69) is 17.1 Å². The number of carbonyl (C=O) groups is 1. The first-order valence-corrected chi connectivity index (χ1v) is 9.71. The number of carbonyl (C=O) groups excluding carboxylic acids is 1. The van der Waals surface area contributed by atoms with Crippen LogP contribution in [-0.4, -0.2) is 37.9 Å². The van der Waals surface area contributed by atoms with Gasteiger partial charge >= 0.3 is 5.97 Å². The van der Waals surface area contributed by atoms with E-state index < -0.39 is 5.97 Å². The second-order valence-corrected chi connectivity index (χ2v) is 7.12. The van der Waals surface area contributed by atoms with Crippen molar-refractivity contribution in [2.45, 2.75) is 23.6 Å². The summed E-state index contributed by atoms with van der Waals surface area (Å²) >= 11 is 1.58. The summed E-state index contributed by atoms with van der Waals surface area (Å²) in [6.07, 6.45) is 1.96. The first-order valence-electron chi connectivity index (χ1n) is 8.73. The number of pyridine rings is 1. The Morgan fingerprint density at radius 1 is 1.19 bits per heavy atom. The molecule has 0 radical (unpaired) electrons. The minimum Gasteiger partial charge on any atom is -0.491 e. The Hall–Kier alpha value is -2.05. The summed E-state index contributed by atoms with van der Waals surface area (Å²) in [6.45, 7) is 2.10. The first-order chi connectivity index (χ1) is 12.8. The lowest BCUT2D eigenvalue weighted by atomic mass is 10.0. The van der Waals surface area contributed by atoms with Gasteiger partial charge in [0, 0.05) is 19.0 Å². The van der Waals surface area contributed by atoms with Gasteiger partial charge in [-0.15, -0.1) is 11.8 Å². The van der Waals surface area contributed by atoms with Gasteiger partial charge in [0.25, 0.3) is 0 Å². The van der Waals surface area contributed by atoms with Crippen LogP contribution in [0.5, 0.6) is 5.75 Å². The maximum Gasteiger partial charge on any atom is 0.360 e. The molecule has 0 amide bonds. The molecule has 26 heavy (non-hydrogen) atoms. The molecule has 1 aromatic heterocycles. The van der Waals surface area contributed by atoms with Gasteiger partial charge in [-0.05, 0) is 36.5 Å². The lowest BCUT2D eigenvalue weighted by molar-refractivity contribution is 0.0480. The molecule has 0 unspecified atom stereocenters. The van der Waals surface area contributed by atoms with Crippen molar-refractivity contribution in [2.24, 2.45) is 5.92 Å².